The molecule has 0 N–H and O–H groups in total. The molecular formula is C10H16O6. The molecule has 0 aromatic carbocycles. The lowest BCUT2D eigenvalue weighted by atomic mass is 10.1. The summed E-state index contributed by atoms with van der Waals surface area (Å²) in [4.78, 5) is 21.5. The zero-order chi connectivity index (χ0) is 12.1. The van der Waals surface area contributed by atoms with Gasteiger partial charge in [-0.3, -0.25) is 9.59 Å². The Balaban J connectivity index is 2.48. The van der Waals surface area contributed by atoms with Gasteiger partial charge in [-0.15, -0.1) is 0 Å². The van der Waals surface area contributed by atoms with Crippen LogP contribution in [0.4, 0.5) is 0 Å². The van der Waals surface area contributed by atoms with Gasteiger partial charge in [0.05, 0.1) is 6.61 Å². The number of hydrogen-bond donors (Lipinski definition) is 0. The molecule has 0 saturated carbocycles. The Bertz CT molecular complexity index is 264. The van der Waals surface area contributed by atoms with Crippen LogP contribution in [0.25, 0.3) is 0 Å². The Kier molecular flexibility index (Phi) is 4.70. The molecule has 0 radical (unpaired) electrons. The van der Waals surface area contributed by atoms with Crippen LogP contribution in [0.2, 0.25) is 0 Å². The Morgan fingerprint density at radius 1 is 1.31 bits per heavy atom. The van der Waals surface area contributed by atoms with Crippen LogP contribution in [0.15, 0.2) is 0 Å². The molecule has 1 aliphatic rings. The van der Waals surface area contributed by atoms with Crippen molar-refractivity contribution in [3.8, 4) is 0 Å². The van der Waals surface area contributed by atoms with E-state index in [0.717, 1.165) is 0 Å². The van der Waals surface area contributed by atoms with E-state index in [4.69, 9.17) is 18.9 Å². The van der Waals surface area contributed by atoms with Crippen molar-refractivity contribution in [2.24, 2.45) is 0 Å². The molecule has 0 aromatic rings. The predicted molar refractivity (Wildman–Crippen MR) is 52.7 cm³/mol. The lowest BCUT2D eigenvalue weighted by Crippen LogP contribution is -2.37. The minimum absolute atomic E-state index is 0.103. The van der Waals surface area contributed by atoms with Crippen molar-refractivity contribution in [2.75, 3.05) is 20.3 Å². The van der Waals surface area contributed by atoms with Gasteiger partial charge in [-0.1, -0.05) is 0 Å². The van der Waals surface area contributed by atoms with Crippen molar-refractivity contribution in [1.29, 1.82) is 0 Å². The highest BCUT2D eigenvalue weighted by molar-refractivity contribution is 5.66. The van der Waals surface area contributed by atoms with Gasteiger partial charge in [0.1, 0.15) is 18.8 Å². The van der Waals surface area contributed by atoms with E-state index in [1.165, 1.54) is 21.0 Å². The first-order valence-electron chi connectivity index (χ1n) is 4.99. The summed E-state index contributed by atoms with van der Waals surface area (Å²) in [5.41, 5.74) is 0. The summed E-state index contributed by atoms with van der Waals surface area (Å²) >= 11 is 0. The molecule has 0 aliphatic carbocycles. The normalized spacial score (nSPS) is 28.8. The lowest BCUT2D eigenvalue weighted by Gasteiger charge is -2.20. The van der Waals surface area contributed by atoms with E-state index >= 15 is 0 Å². The van der Waals surface area contributed by atoms with Crippen molar-refractivity contribution < 1.29 is 28.5 Å². The van der Waals surface area contributed by atoms with E-state index in [1.54, 1.807) is 0 Å². The predicted octanol–water partition coefficient (Wildman–Crippen LogP) is -0.105. The largest absolute Gasteiger partial charge is 0.463 e. The number of esters is 2. The standard InChI is InChI=1S/C10H16O6/c1-6(11)14-4-8-10(13-3)9(5-15-8)16-7(2)12/h8-10H,4-5H2,1-3H3/t8-,9+,10+/m1/s1. The van der Waals surface area contributed by atoms with Crippen molar-refractivity contribution in [1.82, 2.24) is 0 Å². The smallest absolute Gasteiger partial charge is 0.303 e. The van der Waals surface area contributed by atoms with Crippen LogP contribution in [0.1, 0.15) is 13.8 Å². The third-order valence-corrected chi connectivity index (χ3v) is 2.25. The second-order valence-corrected chi connectivity index (χ2v) is 3.52. The third kappa shape index (κ3) is 3.46. The summed E-state index contributed by atoms with van der Waals surface area (Å²) in [6, 6.07) is 0. The lowest BCUT2D eigenvalue weighted by molar-refractivity contribution is -0.153. The summed E-state index contributed by atoms with van der Waals surface area (Å²) in [5.74, 6) is -0.766. The Morgan fingerprint density at radius 3 is 2.50 bits per heavy atom. The fraction of sp³-hybridized carbons (Fsp3) is 0.800. The highest BCUT2D eigenvalue weighted by Gasteiger charge is 2.40. The molecule has 0 spiro atoms. The first-order valence-corrected chi connectivity index (χ1v) is 4.99. The molecule has 6 nitrogen and oxygen atoms in total. The van der Waals surface area contributed by atoms with Gasteiger partial charge in [0.25, 0.3) is 0 Å². The monoisotopic (exact) mass is 232 g/mol. The fourth-order valence-electron chi connectivity index (χ4n) is 1.61. The number of carbonyl (C=O) groups excluding carboxylic acids is 2. The average Bonchev–Trinajstić information content (AvgIpc) is 2.56. The van der Waals surface area contributed by atoms with Crippen molar-refractivity contribution in [2.45, 2.75) is 32.2 Å². The maximum absolute atomic E-state index is 10.8. The molecule has 0 unspecified atom stereocenters. The molecule has 1 heterocycles. The zero-order valence-corrected chi connectivity index (χ0v) is 9.60. The fourth-order valence-corrected chi connectivity index (χ4v) is 1.61. The van der Waals surface area contributed by atoms with Gasteiger partial charge in [-0.05, 0) is 0 Å². The molecule has 1 aliphatic heterocycles. The van der Waals surface area contributed by atoms with E-state index in [1.807, 2.05) is 0 Å². The van der Waals surface area contributed by atoms with E-state index in [9.17, 15) is 9.59 Å². The van der Waals surface area contributed by atoms with Crippen molar-refractivity contribution in [3.05, 3.63) is 0 Å². The number of hydrogen-bond acceptors (Lipinski definition) is 6. The highest BCUT2D eigenvalue weighted by atomic mass is 16.6. The van der Waals surface area contributed by atoms with Crippen LogP contribution in [-0.2, 0) is 28.5 Å². The van der Waals surface area contributed by atoms with Crippen LogP contribution < -0.4 is 0 Å². The van der Waals surface area contributed by atoms with E-state index in [0.29, 0.717) is 0 Å². The second kappa shape index (κ2) is 5.81. The number of carbonyl (C=O) groups is 2. The van der Waals surface area contributed by atoms with Crippen LogP contribution in [0, 0.1) is 0 Å². The van der Waals surface area contributed by atoms with Gasteiger partial charge in [-0.2, -0.15) is 0 Å². The van der Waals surface area contributed by atoms with Gasteiger partial charge in [-0.25, -0.2) is 0 Å². The van der Waals surface area contributed by atoms with Crippen LogP contribution >= 0.6 is 0 Å². The first kappa shape index (κ1) is 12.9. The summed E-state index contributed by atoms with van der Waals surface area (Å²) in [5, 5.41) is 0. The molecule has 16 heavy (non-hydrogen) atoms. The van der Waals surface area contributed by atoms with E-state index in [-0.39, 0.29) is 25.2 Å². The summed E-state index contributed by atoms with van der Waals surface area (Å²) < 4.78 is 20.4. The maximum atomic E-state index is 10.8. The van der Waals surface area contributed by atoms with E-state index < -0.39 is 18.3 Å². The first-order chi connectivity index (χ1) is 7.54. The van der Waals surface area contributed by atoms with Gasteiger partial charge in [0.2, 0.25) is 0 Å². The molecule has 1 saturated heterocycles. The van der Waals surface area contributed by atoms with E-state index in [2.05, 4.69) is 0 Å². The SMILES string of the molecule is CO[C@@H]1[C@@H](OC(C)=O)CO[C@@H]1COC(C)=O. The molecule has 1 fully saturated rings. The number of methoxy groups -OCH3 is 1. The summed E-state index contributed by atoms with van der Waals surface area (Å²) in [6.45, 7) is 3.00. The summed E-state index contributed by atoms with van der Waals surface area (Å²) in [7, 11) is 1.50. The van der Waals surface area contributed by atoms with Crippen molar-refractivity contribution in [3.63, 3.8) is 0 Å². The average molecular weight is 232 g/mol. The molecule has 0 bridgehead atoms. The molecule has 0 amide bonds. The van der Waals surface area contributed by atoms with Gasteiger partial charge >= 0.3 is 11.9 Å². The molecular weight excluding hydrogens is 216 g/mol. The quantitative estimate of drug-likeness (QED) is 0.630. The Labute approximate surface area is 93.8 Å². The molecule has 3 atom stereocenters. The minimum Gasteiger partial charge on any atom is -0.463 e. The minimum atomic E-state index is -0.442. The van der Waals surface area contributed by atoms with Gasteiger partial charge < -0.3 is 18.9 Å². The number of rotatable bonds is 4. The third-order valence-electron chi connectivity index (χ3n) is 2.25. The molecule has 6 heteroatoms. The van der Waals surface area contributed by atoms with Crippen LogP contribution in [-0.4, -0.2) is 50.6 Å². The molecule has 92 valence electrons. The van der Waals surface area contributed by atoms with Crippen LogP contribution in [0.5, 0.6) is 0 Å². The zero-order valence-electron chi connectivity index (χ0n) is 9.60. The molecule has 0 aromatic heterocycles. The van der Waals surface area contributed by atoms with Gasteiger partial charge in [0.15, 0.2) is 6.10 Å². The Morgan fingerprint density at radius 2 is 2.00 bits per heavy atom. The van der Waals surface area contributed by atoms with Crippen LogP contribution in [0.3, 0.4) is 0 Å². The molecule has 1 rings (SSSR count). The maximum Gasteiger partial charge on any atom is 0.303 e. The highest BCUT2D eigenvalue weighted by Crippen LogP contribution is 2.20. The van der Waals surface area contributed by atoms with Crippen molar-refractivity contribution >= 4 is 11.9 Å². The van der Waals surface area contributed by atoms with Gasteiger partial charge in [0, 0.05) is 21.0 Å². The number of ether oxygens (including phenoxy) is 4. The summed E-state index contributed by atoms with van der Waals surface area (Å²) in [6.07, 6.45) is -1.23. The second-order valence-electron chi connectivity index (χ2n) is 3.52. The Hall–Kier alpha value is -1.14. The topological polar surface area (TPSA) is 71.1 Å².